The molecule has 1 amide bonds. The van der Waals surface area contributed by atoms with Crippen molar-refractivity contribution >= 4 is 12.4 Å². The van der Waals surface area contributed by atoms with Crippen LogP contribution in [0.3, 0.4) is 0 Å². The van der Waals surface area contributed by atoms with E-state index in [1.165, 1.54) is 0 Å². The van der Waals surface area contributed by atoms with Gasteiger partial charge in [-0.15, -0.1) is 0 Å². The molecular formula is C19H23NO3. The largest absolute Gasteiger partial charge is 0.444 e. The third-order valence-corrected chi connectivity index (χ3v) is 3.61. The fourth-order valence-corrected chi connectivity index (χ4v) is 2.36. The lowest BCUT2D eigenvalue weighted by molar-refractivity contribution is 0.0199. The predicted molar refractivity (Wildman–Crippen MR) is 89.2 cm³/mol. The molecule has 23 heavy (non-hydrogen) atoms. The van der Waals surface area contributed by atoms with E-state index in [1.54, 1.807) is 17.0 Å². The van der Waals surface area contributed by atoms with Crippen LogP contribution < -0.4 is 0 Å². The zero-order valence-electron chi connectivity index (χ0n) is 14.0. The van der Waals surface area contributed by atoms with Crippen LogP contribution in [-0.2, 0) is 4.74 Å². The molecule has 1 fully saturated rings. The minimum Gasteiger partial charge on any atom is -0.444 e. The number of nitrogens with zero attached hydrogens (tertiary/aromatic N) is 1. The maximum atomic E-state index is 12.0. The molecule has 0 atom stereocenters. The normalized spacial score (nSPS) is 15.5. The number of aldehydes is 1. The third kappa shape index (κ3) is 5.45. The number of rotatable bonds is 1. The van der Waals surface area contributed by atoms with E-state index < -0.39 is 5.60 Å². The van der Waals surface area contributed by atoms with E-state index in [9.17, 15) is 9.59 Å². The lowest BCUT2D eigenvalue weighted by atomic mass is 9.97. The predicted octanol–water partition coefficient (Wildman–Crippen LogP) is 3.50. The van der Waals surface area contributed by atoms with Gasteiger partial charge < -0.3 is 9.64 Å². The zero-order chi connectivity index (χ0) is 16.9. The maximum Gasteiger partial charge on any atom is 0.410 e. The Morgan fingerprint density at radius 2 is 1.83 bits per heavy atom. The van der Waals surface area contributed by atoms with Gasteiger partial charge >= 0.3 is 6.09 Å². The van der Waals surface area contributed by atoms with Gasteiger partial charge in [-0.3, -0.25) is 4.79 Å². The van der Waals surface area contributed by atoms with Gasteiger partial charge in [-0.1, -0.05) is 24.0 Å². The lowest BCUT2D eigenvalue weighted by Gasteiger charge is -2.31. The van der Waals surface area contributed by atoms with Gasteiger partial charge in [-0.05, 0) is 45.7 Å². The van der Waals surface area contributed by atoms with Gasteiger partial charge in [-0.2, -0.15) is 0 Å². The molecule has 1 aliphatic heterocycles. The van der Waals surface area contributed by atoms with Crippen LogP contribution in [0, 0.1) is 17.8 Å². The summed E-state index contributed by atoms with van der Waals surface area (Å²) >= 11 is 0. The summed E-state index contributed by atoms with van der Waals surface area (Å²) in [6.07, 6.45) is 2.30. The van der Waals surface area contributed by atoms with E-state index in [2.05, 4.69) is 11.8 Å². The molecule has 1 aromatic rings. The first-order valence-electron chi connectivity index (χ1n) is 7.92. The standard InChI is InChI=1S/C19H23NO3/c1-19(2,3)23-18(22)20-12-10-16(11-13-20)5-4-15-6-8-17(14-21)9-7-15/h6-9,14,16H,10-13H2,1-3H3. The molecule has 1 aromatic carbocycles. The molecule has 0 N–H and O–H groups in total. The molecule has 122 valence electrons. The van der Waals surface area contributed by atoms with Gasteiger partial charge in [-0.25, -0.2) is 4.79 Å². The van der Waals surface area contributed by atoms with Gasteiger partial charge in [0.1, 0.15) is 11.9 Å². The summed E-state index contributed by atoms with van der Waals surface area (Å²) in [5.41, 5.74) is 1.10. The molecule has 1 aliphatic rings. The van der Waals surface area contributed by atoms with Crippen LogP contribution in [-0.4, -0.2) is 36.0 Å². The molecule has 1 saturated heterocycles. The second-order valence-corrected chi connectivity index (χ2v) is 6.75. The van der Waals surface area contributed by atoms with Gasteiger partial charge in [0.05, 0.1) is 0 Å². The average molecular weight is 313 g/mol. The van der Waals surface area contributed by atoms with Crippen LogP contribution in [0.15, 0.2) is 24.3 Å². The van der Waals surface area contributed by atoms with Crippen LogP contribution in [0.5, 0.6) is 0 Å². The summed E-state index contributed by atoms with van der Waals surface area (Å²) < 4.78 is 5.39. The minimum atomic E-state index is -0.457. The highest BCUT2D eigenvalue weighted by molar-refractivity contribution is 5.74. The first kappa shape index (κ1) is 17.1. The Bertz CT molecular complexity index is 609. The van der Waals surface area contributed by atoms with Crippen molar-refractivity contribution < 1.29 is 14.3 Å². The fraction of sp³-hybridized carbons (Fsp3) is 0.474. The second kappa shape index (κ2) is 7.32. The van der Waals surface area contributed by atoms with Crippen molar-refractivity contribution in [3.63, 3.8) is 0 Å². The topological polar surface area (TPSA) is 46.6 Å². The number of likely N-dealkylation sites (tertiary alicyclic amines) is 1. The summed E-state index contributed by atoms with van der Waals surface area (Å²) in [5.74, 6) is 6.70. The highest BCUT2D eigenvalue weighted by atomic mass is 16.6. The number of amides is 1. The van der Waals surface area contributed by atoms with Crippen molar-refractivity contribution in [1.82, 2.24) is 4.90 Å². The summed E-state index contributed by atoms with van der Waals surface area (Å²) in [6.45, 7) is 6.98. The Kier molecular flexibility index (Phi) is 5.44. The minimum absolute atomic E-state index is 0.242. The number of piperidine rings is 1. The Hall–Kier alpha value is -2.28. The highest BCUT2D eigenvalue weighted by Gasteiger charge is 2.26. The highest BCUT2D eigenvalue weighted by Crippen LogP contribution is 2.19. The Labute approximate surface area is 137 Å². The van der Waals surface area contributed by atoms with E-state index in [0.29, 0.717) is 24.6 Å². The Morgan fingerprint density at radius 1 is 1.22 bits per heavy atom. The summed E-state index contributed by atoms with van der Waals surface area (Å²) in [6, 6.07) is 7.24. The lowest BCUT2D eigenvalue weighted by Crippen LogP contribution is -2.41. The summed E-state index contributed by atoms with van der Waals surface area (Å²) in [7, 11) is 0. The first-order valence-corrected chi connectivity index (χ1v) is 7.92. The van der Waals surface area contributed by atoms with Crippen molar-refractivity contribution in [3.8, 4) is 11.8 Å². The Morgan fingerprint density at radius 3 is 2.35 bits per heavy atom. The number of benzene rings is 1. The van der Waals surface area contributed by atoms with E-state index >= 15 is 0 Å². The Balaban J connectivity index is 1.86. The van der Waals surface area contributed by atoms with Crippen LogP contribution in [0.4, 0.5) is 4.79 Å². The van der Waals surface area contributed by atoms with Crippen LogP contribution in [0.2, 0.25) is 0 Å². The molecule has 0 aromatic heterocycles. The molecule has 0 aliphatic carbocycles. The van der Waals surface area contributed by atoms with E-state index in [-0.39, 0.29) is 6.09 Å². The third-order valence-electron chi connectivity index (χ3n) is 3.61. The first-order chi connectivity index (χ1) is 10.9. The monoisotopic (exact) mass is 313 g/mol. The van der Waals surface area contributed by atoms with Crippen LogP contribution in [0.1, 0.15) is 49.5 Å². The van der Waals surface area contributed by atoms with Gasteiger partial charge in [0.25, 0.3) is 0 Å². The summed E-state index contributed by atoms with van der Waals surface area (Å²) in [5, 5.41) is 0. The molecule has 0 radical (unpaired) electrons. The van der Waals surface area contributed by atoms with Gasteiger partial charge in [0, 0.05) is 30.1 Å². The smallest absolute Gasteiger partial charge is 0.410 e. The molecule has 0 unspecified atom stereocenters. The molecule has 2 rings (SSSR count). The van der Waals surface area contributed by atoms with Crippen LogP contribution in [0.25, 0.3) is 0 Å². The molecule has 1 heterocycles. The molecule has 0 spiro atoms. The SMILES string of the molecule is CC(C)(C)OC(=O)N1CCC(C#Cc2ccc(C=O)cc2)CC1. The van der Waals surface area contributed by atoms with Gasteiger partial charge in [0.2, 0.25) is 0 Å². The van der Waals surface area contributed by atoms with Crippen molar-refractivity contribution in [1.29, 1.82) is 0 Å². The number of ether oxygens (including phenoxy) is 1. The number of carbonyl (C=O) groups is 2. The average Bonchev–Trinajstić information content (AvgIpc) is 2.52. The number of carbonyl (C=O) groups excluding carboxylic acids is 2. The summed E-state index contributed by atoms with van der Waals surface area (Å²) in [4.78, 5) is 24.4. The number of hydrogen-bond acceptors (Lipinski definition) is 3. The van der Waals surface area contributed by atoms with E-state index in [0.717, 1.165) is 24.7 Å². The van der Waals surface area contributed by atoms with Gasteiger partial charge in [0.15, 0.2) is 0 Å². The van der Waals surface area contributed by atoms with Crippen molar-refractivity contribution in [2.45, 2.75) is 39.2 Å². The van der Waals surface area contributed by atoms with E-state index in [4.69, 9.17) is 4.74 Å². The molecule has 4 heteroatoms. The van der Waals surface area contributed by atoms with Crippen molar-refractivity contribution in [3.05, 3.63) is 35.4 Å². The molecule has 4 nitrogen and oxygen atoms in total. The van der Waals surface area contributed by atoms with Crippen molar-refractivity contribution in [2.75, 3.05) is 13.1 Å². The maximum absolute atomic E-state index is 12.0. The zero-order valence-corrected chi connectivity index (χ0v) is 14.0. The number of hydrogen-bond donors (Lipinski definition) is 0. The van der Waals surface area contributed by atoms with E-state index in [1.807, 2.05) is 32.9 Å². The molecule has 0 saturated carbocycles. The second-order valence-electron chi connectivity index (χ2n) is 6.75. The van der Waals surface area contributed by atoms with Crippen molar-refractivity contribution in [2.24, 2.45) is 5.92 Å². The van der Waals surface area contributed by atoms with Crippen LogP contribution >= 0.6 is 0 Å². The molecular weight excluding hydrogens is 290 g/mol. The quantitative estimate of drug-likeness (QED) is 0.589. The molecule has 0 bridgehead atoms. The fourth-order valence-electron chi connectivity index (χ4n) is 2.36.